The smallest absolute Gasteiger partial charge is 0.137 e. The summed E-state index contributed by atoms with van der Waals surface area (Å²) >= 11 is 0. The van der Waals surface area contributed by atoms with Crippen LogP contribution in [0.5, 0.6) is 5.75 Å². The van der Waals surface area contributed by atoms with Gasteiger partial charge in [0, 0.05) is 73.9 Å². The van der Waals surface area contributed by atoms with Crippen molar-refractivity contribution >= 4 is 17.1 Å². The highest BCUT2D eigenvalue weighted by atomic mass is 19.1. The number of piperazine rings is 1. The van der Waals surface area contributed by atoms with Gasteiger partial charge in [0.05, 0.1) is 19.3 Å². The molecule has 3 aromatic carbocycles. The number of rotatable bonds is 10. The molecule has 0 bridgehead atoms. The van der Waals surface area contributed by atoms with Crippen molar-refractivity contribution in [2.45, 2.75) is 44.4 Å². The SMILES string of the molecule is C=C1N(c2ccc(N3CCN(c4ccc(OC[C@@H]5C[C@@](Cn6cncn6)(c6ccc(F)cc6F)CO5)cc4)CC3)cc2)CCN1C(C)C. The first kappa shape index (κ1) is 31.9. The molecule has 9 nitrogen and oxygen atoms in total. The van der Waals surface area contributed by atoms with Gasteiger partial charge in [0.2, 0.25) is 0 Å². The highest BCUT2D eigenvalue weighted by Crippen LogP contribution is 2.40. The number of halogens is 2. The molecule has 3 fully saturated rings. The zero-order chi connectivity index (χ0) is 33.3. The normalized spacial score (nSPS) is 21.5. The van der Waals surface area contributed by atoms with E-state index >= 15 is 0 Å². The standard InChI is InChI=1S/C37H43F2N7O2/c1-27(2)45-18-19-46(28(45)3)32-7-5-30(6-8-32)42-14-16-43(17-15-42)31-9-11-33(12-10-31)47-22-34-21-37(24-48-34,23-44-26-40-25-41-44)35-13-4-29(38)20-36(35)39/h4-13,20,25-27,34H,3,14-19,21-24H2,1-2H3/t34-,37-/m0/s1. The largest absolute Gasteiger partial charge is 0.491 e. The lowest BCUT2D eigenvalue weighted by atomic mass is 9.78. The molecule has 1 aromatic heterocycles. The number of aromatic nitrogens is 3. The van der Waals surface area contributed by atoms with Crippen molar-refractivity contribution < 1.29 is 18.3 Å². The van der Waals surface area contributed by atoms with Crippen LogP contribution in [-0.4, -0.2) is 84.3 Å². The van der Waals surface area contributed by atoms with Gasteiger partial charge in [-0.05, 0) is 80.4 Å². The number of benzene rings is 3. The molecule has 48 heavy (non-hydrogen) atoms. The van der Waals surface area contributed by atoms with Crippen LogP contribution in [0.1, 0.15) is 25.8 Å². The Morgan fingerprint density at radius 2 is 1.56 bits per heavy atom. The van der Waals surface area contributed by atoms with Gasteiger partial charge < -0.3 is 29.1 Å². The van der Waals surface area contributed by atoms with Crippen molar-refractivity contribution in [3.63, 3.8) is 0 Å². The molecular weight excluding hydrogens is 612 g/mol. The van der Waals surface area contributed by atoms with E-state index in [4.69, 9.17) is 9.47 Å². The van der Waals surface area contributed by atoms with Gasteiger partial charge in [0.15, 0.2) is 0 Å². The van der Waals surface area contributed by atoms with Gasteiger partial charge in [-0.15, -0.1) is 0 Å². The average molecular weight is 656 g/mol. The molecule has 3 aliphatic heterocycles. The third-order valence-corrected chi connectivity index (χ3v) is 9.92. The lowest BCUT2D eigenvalue weighted by Crippen LogP contribution is -2.46. The molecule has 11 heteroatoms. The maximum Gasteiger partial charge on any atom is 0.137 e. The zero-order valence-corrected chi connectivity index (χ0v) is 27.6. The zero-order valence-electron chi connectivity index (χ0n) is 27.6. The highest BCUT2D eigenvalue weighted by Gasteiger charge is 2.44. The number of anilines is 3. The number of ether oxygens (including phenoxy) is 2. The molecule has 4 aromatic rings. The van der Waals surface area contributed by atoms with Crippen LogP contribution in [0.4, 0.5) is 25.8 Å². The Morgan fingerprint density at radius 1 is 0.896 bits per heavy atom. The number of nitrogens with zero attached hydrogens (tertiary/aromatic N) is 7. The molecule has 7 rings (SSSR count). The third-order valence-electron chi connectivity index (χ3n) is 9.92. The van der Waals surface area contributed by atoms with E-state index in [9.17, 15) is 8.78 Å². The topological polar surface area (TPSA) is 62.1 Å². The molecule has 0 spiro atoms. The van der Waals surface area contributed by atoms with Crippen molar-refractivity contribution in [2.75, 3.05) is 67.2 Å². The Labute approximate surface area is 281 Å². The van der Waals surface area contributed by atoms with E-state index in [2.05, 4.69) is 86.5 Å². The monoisotopic (exact) mass is 655 g/mol. The summed E-state index contributed by atoms with van der Waals surface area (Å²) < 4.78 is 42.6. The molecule has 0 unspecified atom stereocenters. The number of hydrogen-bond acceptors (Lipinski definition) is 8. The van der Waals surface area contributed by atoms with Crippen LogP contribution >= 0.6 is 0 Å². The van der Waals surface area contributed by atoms with E-state index in [-0.39, 0.29) is 12.7 Å². The molecule has 2 atom stereocenters. The minimum absolute atomic E-state index is 0.260. The second kappa shape index (κ2) is 13.5. The first-order valence-corrected chi connectivity index (χ1v) is 16.7. The Hall–Kier alpha value is -4.64. The molecule has 3 aliphatic rings. The van der Waals surface area contributed by atoms with Gasteiger partial charge in [-0.2, -0.15) is 5.10 Å². The van der Waals surface area contributed by atoms with Gasteiger partial charge in [0.25, 0.3) is 0 Å². The van der Waals surface area contributed by atoms with Crippen LogP contribution in [0.25, 0.3) is 0 Å². The molecular formula is C37H43F2N7O2. The van der Waals surface area contributed by atoms with Crippen molar-refractivity contribution in [1.82, 2.24) is 19.7 Å². The van der Waals surface area contributed by atoms with Crippen LogP contribution in [0.3, 0.4) is 0 Å². The Bertz CT molecular complexity index is 1690. The van der Waals surface area contributed by atoms with Crippen molar-refractivity contribution in [2.24, 2.45) is 0 Å². The Kier molecular flexibility index (Phi) is 8.96. The van der Waals surface area contributed by atoms with Gasteiger partial charge in [0.1, 0.15) is 42.5 Å². The van der Waals surface area contributed by atoms with E-state index in [1.54, 1.807) is 11.0 Å². The fourth-order valence-electron chi connectivity index (χ4n) is 7.33. The molecule has 4 heterocycles. The van der Waals surface area contributed by atoms with Crippen LogP contribution in [0, 0.1) is 11.6 Å². The summed E-state index contributed by atoms with van der Waals surface area (Å²) in [5.74, 6) is 0.635. The second-order valence-electron chi connectivity index (χ2n) is 13.3. The first-order valence-electron chi connectivity index (χ1n) is 16.7. The fraction of sp³-hybridized carbons (Fsp3) is 0.405. The summed E-state index contributed by atoms with van der Waals surface area (Å²) in [4.78, 5) is 13.5. The first-order chi connectivity index (χ1) is 23.3. The van der Waals surface area contributed by atoms with Gasteiger partial charge in [-0.1, -0.05) is 12.6 Å². The van der Waals surface area contributed by atoms with Crippen LogP contribution in [0.2, 0.25) is 0 Å². The molecule has 0 saturated carbocycles. The van der Waals surface area contributed by atoms with E-state index in [1.165, 1.54) is 29.8 Å². The summed E-state index contributed by atoms with van der Waals surface area (Å²) in [6.07, 6.45) is 3.29. The van der Waals surface area contributed by atoms with Crippen LogP contribution < -0.4 is 19.4 Å². The van der Waals surface area contributed by atoms with E-state index in [0.29, 0.717) is 31.2 Å². The summed E-state index contributed by atoms with van der Waals surface area (Å²) in [5, 5.41) is 4.22. The summed E-state index contributed by atoms with van der Waals surface area (Å²) in [5.41, 5.74) is 3.30. The van der Waals surface area contributed by atoms with Crippen molar-refractivity contribution in [3.05, 3.63) is 109 Å². The Balaban J connectivity index is 0.914. The lowest BCUT2D eigenvalue weighted by Gasteiger charge is -2.37. The van der Waals surface area contributed by atoms with Crippen LogP contribution in [0.15, 0.2) is 91.8 Å². The van der Waals surface area contributed by atoms with Gasteiger partial charge >= 0.3 is 0 Å². The van der Waals surface area contributed by atoms with E-state index < -0.39 is 17.0 Å². The Morgan fingerprint density at radius 3 is 2.17 bits per heavy atom. The summed E-state index contributed by atoms with van der Waals surface area (Å²) in [6.45, 7) is 15.4. The number of hydrogen-bond donors (Lipinski definition) is 0. The second-order valence-corrected chi connectivity index (χ2v) is 13.3. The minimum Gasteiger partial charge on any atom is -0.491 e. The minimum atomic E-state index is -0.716. The molecule has 0 radical (unpaired) electrons. The molecule has 3 saturated heterocycles. The van der Waals surface area contributed by atoms with E-state index in [1.807, 2.05) is 12.1 Å². The van der Waals surface area contributed by atoms with Gasteiger partial charge in [-0.3, -0.25) is 4.68 Å². The summed E-state index contributed by atoms with van der Waals surface area (Å²) in [7, 11) is 0. The quantitative estimate of drug-likeness (QED) is 0.216. The predicted octanol–water partition coefficient (Wildman–Crippen LogP) is 5.69. The maximum atomic E-state index is 15.0. The third kappa shape index (κ3) is 6.56. The van der Waals surface area contributed by atoms with Crippen molar-refractivity contribution in [1.29, 1.82) is 0 Å². The van der Waals surface area contributed by atoms with Crippen LogP contribution in [-0.2, 0) is 16.7 Å². The molecule has 0 N–H and O–H groups in total. The predicted molar refractivity (Wildman–Crippen MR) is 184 cm³/mol. The highest BCUT2D eigenvalue weighted by molar-refractivity contribution is 5.60. The van der Waals surface area contributed by atoms with E-state index in [0.717, 1.165) is 62.6 Å². The average Bonchev–Trinajstić information content (AvgIpc) is 3.85. The van der Waals surface area contributed by atoms with Gasteiger partial charge in [-0.25, -0.2) is 13.8 Å². The maximum absolute atomic E-state index is 15.0. The molecule has 0 amide bonds. The summed E-state index contributed by atoms with van der Waals surface area (Å²) in [6, 6.07) is 21.2. The molecule has 252 valence electrons. The molecule has 0 aliphatic carbocycles. The van der Waals surface area contributed by atoms with Crippen molar-refractivity contribution in [3.8, 4) is 5.75 Å². The fourth-order valence-corrected chi connectivity index (χ4v) is 7.33. The lowest BCUT2D eigenvalue weighted by molar-refractivity contribution is 0.0634.